The second-order valence-corrected chi connectivity index (χ2v) is 7.61. The van der Waals surface area contributed by atoms with Gasteiger partial charge in [0, 0.05) is 18.8 Å². The molecule has 0 spiro atoms. The molecule has 0 saturated carbocycles. The van der Waals surface area contributed by atoms with Crippen LogP contribution in [-0.4, -0.2) is 47.0 Å². The van der Waals surface area contributed by atoms with Crippen molar-refractivity contribution in [3.05, 3.63) is 29.8 Å². The Kier molecular flexibility index (Phi) is 7.21. The summed E-state index contributed by atoms with van der Waals surface area (Å²) >= 11 is 0. The van der Waals surface area contributed by atoms with Crippen molar-refractivity contribution in [2.45, 2.75) is 46.1 Å². The van der Waals surface area contributed by atoms with Gasteiger partial charge in [-0.1, -0.05) is 26.0 Å². The van der Waals surface area contributed by atoms with Crippen LogP contribution in [0.4, 0.5) is 10.5 Å². The monoisotopic (exact) mass is 375 g/mol. The van der Waals surface area contributed by atoms with Crippen molar-refractivity contribution in [3.63, 3.8) is 0 Å². The van der Waals surface area contributed by atoms with Crippen LogP contribution >= 0.6 is 0 Å². The first-order chi connectivity index (χ1) is 12.8. The highest BCUT2D eigenvalue weighted by Gasteiger charge is 2.31. The molecule has 3 amide bonds. The number of hydrogen-bond acceptors (Lipinski definition) is 3. The summed E-state index contributed by atoms with van der Waals surface area (Å²) in [4.78, 5) is 38.0. The molecule has 0 aliphatic carbocycles. The Balaban J connectivity index is 1.94. The van der Waals surface area contributed by atoms with E-state index in [1.54, 1.807) is 4.90 Å². The normalized spacial score (nSPS) is 18.1. The maximum absolute atomic E-state index is 12.5. The molecule has 148 valence electrons. The minimum absolute atomic E-state index is 0.161. The van der Waals surface area contributed by atoms with E-state index in [-0.39, 0.29) is 24.4 Å². The Morgan fingerprint density at radius 3 is 2.67 bits per heavy atom. The number of benzene rings is 1. The Bertz CT molecular complexity index is 690. The van der Waals surface area contributed by atoms with E-state index in [1.165, 1.54) is 0 Å². The number of nitrogens with zero attached hydrogens (tertiary/aromatic N) is 1. The number of nitrogens with one attached hydrogen (secondary N) is 2. The Hall–Kier alpha value is -2.57. The molecule has 0 aromatic heterocycles. The predicted octanol–water partition coefficient (Wildman–Crippen LogP) is 2.85. The van der Waals surface area contributed by atoms with Crippen LogP contribution in [0.15, 0.2) is 24.3 Å². The highest BCUT2D eigenvalue weighted by Crippen LogP contribution is 2.19. The quantitative estimate of drug-likeness (QED) is 0.712. The fourth-order valence-electron chi connectivity index (χ4n) is 3.28. The second-order valence-electron chi connectivity index (χ2n) is 7.61. The second kappa shape index (κ2) is 9.39. The highest BCUT2D eigenvalue weighted by atomic mass is 16.4. The van der Waals surface area contributed by atoms with Crippen molar-refractivity contribution in [1.29, 1.82) is 0 Å². The molecular weight excluding hydrogens is 346 g/mol. The van der Waals surface area contributed by atoms with Crippen LogP contribution in [0.2, 0.25) is 0 Å². The zero-order chi connectivity index (χ0) is 20.0. The van der Waals surface area contributed by atoms with Gasteiger partial charge in [0.2, 0.25) is 5.91 Å². The summed E-state index contributed by atoms with van der Waals surface area (Å²) in [5, 5.41) is 14.8. The number of rotatable bonds is 6. The number of piperidine rings is 1. The summed E-state index contributed by atoms with van der Waals surface area (Å²) in [5.74, 6) is -1.55. The zero-order valence-electron chi connectivity index (χ0n) is 16.2. The number of carbonyl (C=O) groups excluding carboxylic acids is 2. The van der Waals surface area contributed by atoms with Gasteiger partial charge in [-0.05, 0) is 49.8 Å². The van der Waals surface area contributed by atoms with E-state index in [2.05, 4.69) is 10.6 Å². The van der Waals surface area contributed by atoms with Gasteiger partial charge in [-0.25, -0.2) is 9.59 Å². The van der Waals surface area contributed by atoms with Crippen LogP contribution in [0.3, 0.4) is 0 Å². The number of carbonyl (C=O) groups is 3. The molecular formula is C20H29N3O4. The first kappa shape index (κ1) is 20.7. The molecule has 1 aliphatic rings. The third-order valence-corrected chi connectivity index (χ3v) is 4.67. The number of hydrogen-bond donors (Lipinski definition) is 3. The molecule has 1 fully saturated rings. The fourth-order valence-corrected chi connectivity index (χ4v) is 3.28. The lowest BCUT2D eigenvalue weighted by Gasteiger charge is -2.32. The van der Waals surface area contributed by atoms with E-state index < -0.39 is 17.9 Å². The summed E-state index contributed by atoms with van der Waals surface area (Å²) in [6.07, 6.45) is 1.74. The molecule has 3 N–H and O–H groups in total. The van der Waals surface area contributed by atoms with E-state index in [1.807, 2.05) is 45.0 Å². The van der Waals surface area contributed by atoms with Gasteiger partial charge in [-0.2, -0.15) is 0 Å². The maximum Gasteiger partial charge on any atom is 0.326 e. The number of anilines is 1. The van der Waals surface area contributed by atoms with Crippen molar-refractivity contribution < 1.29 is 19.5 Å². The molecule has 7 heteroatoms. The van der Waals surface area contributed by atoms with Gasteiger partial charge in [0.05, 0.1) is 5.92 Å². The molecule has 1 aromatic rings. The predicted molar refractivity (Wildman–Crippen MR) is 104 cm³/mol. The molecule has 0 radical (unpaired) electrons. The summed E-state index contributed by atoms with van der Waals surface area (Å²) in [7, 11) is 0. The van der Waals surface area contributed by atoms with E-state index in [4.69, 9.17) is 0 Å². The molecule has 1 aliphatic heterocycles. The lowest BCUT2D eigenvalue weighted by atomic mass is 9.96. The average molecular weight is 375 g/mol. The molecule has 1 aromatic carbocycles. The standard InChI is InChI=1S/C20H29N3O4/c1-13(2)10-17(19(25)26)22-18(24)15-7-5-9-23(12-15)20(27)21-16-8-4-6-14(3)11-16/h4,6,8,11,13,15,17H,5,7,9-10,12H2,1-3H3,(H,21,27)(H,22,24)(H,25,26). The van der Waals surface area contributed by atoms with E-state index >= 15 is 0 Å². The molecule has 2 atom stereocenters. The van der Waals surface area contributed by atoms with Crippen LogP contribution in [-0.2, 0) is 9.59 Å². The first-order valence-corrected chi connectivity index (χ1v) is 9.42. The van der Waals surface area contributed by atoms with Crippen LogP contribution in [0, 0.1) is 18.8 Å². The van der Waals surface area contributed by atoms with Crippen molar-refractivity contribution in [3.8, 4) is 0 Å². The minimum atomic E-state index is -1.03. The summed E-state index contributed by atoms with van der Waals surface area (Å²) in [6, 6.07) is 6.40. The van der Waals surface area contributed by atoms with Crippen LogP contribution in [0.25, 0.3) is 0 Å². The van der Waals surface area contributed by atoms with Crippen LogP contribution < -0.4 is 10.6 Å². The third-order valence-electron chi connectivity index (χ3n) is 4.67. The van der Waals surface area contributed by atoms with Gasteiger partial charge in [-0.3, -0.25) is 4.79 Å². The molecule has 27 heavy (non-hydrogen) atoms. The lowest BCUT2D eigenvalue weighted by Crippen LogP contribution is -2.50. The van der Waals surface area contributed by atoms with E-state index in [9.17, 15) is 19.5 Å². The van der Waals surface area contributed by atoms with Gasteiger partial charge < -0.3 is 20.6 Å². The Labute approximate surface area is 160 Å². The molecule has 1 heterocycles. The van der Waals surface area contributed by atoms with Gasteiger partial charge in [0.1, 0.15) is 6.04 Å². The fraction of sp³-hybridized carbons (Fsp3) is 0.550. The average Bonchev–Trinajstić information content (AvgIpc) is 2.60. The highest BCUT2D eigenvalue weighted by molar-refractivity contribution is 5.90. The van der Waals surface area contributed by atoms with Gasteiger partial charge in [-0.15, -0.1) is 0 Å². The number of aryl methyl sites for hydroxylation is 1. The number of urea groups is 1. The largest absolute Gasteiger partial charge is 0.480 e. The number of amides is 3. The Morgan fingerprint density at radius 2 is 2.04 bits per heavy atom. The van der Waals surface area contributed by atoms with E-state index in [0.717, 1.165) is 11.3 Å². The first-order valence-electron chi connectivity index (χ1n) is 9.42. The third kappa shape index (κ3) is 6.27. The van der Waals surface area contributed by atoms with Crippen molar-refractivity contribution in [2.24, 2.45) is 11.8 Å². The lowest BCUT2D eigenvalue weighted by molar-refractivity contribution is -0.143. The van der Waals surface area contributed by atoms with Crippen LogP contribution in [0.1, 0.15) is 38.7 Å². The van der Waals surface area contributed by atoms with Gasteiger partial charge in [0.15, 0.2) is 0 Å². The summed E-state index contributed by atoms with van der Waals surface area (Å²) in [5.41, 5.74) is 1.77. The number of carboxylic acid groups (broad SMARTS) is 1. The minimum Gasteiger partial charge on any atom is -0.480 e. The van der Waals surface area contributed by atoms with Crippen molar-refractivity contribution in [2.75, 3.05) is 18.4 Å². The molecule has 2 rings (SSSR count). The van der Waals surface area contributed by atoms with Crippen molar-refractivity contribution >= 4 is 23.6 Å². The molecule has 0 bridgehead atoms. The smallest absolute Gasteiger partial charge is 0.326 e. The summed E-state index contributed by atoms with van der Waals surface area (Å²) < 4.78 is 0. The maximum atomic E-state index is 12.5. The SMILES string of the molecule is Cc1cccc(NC(=O)N2CCCC(C(=O)NC(CC(C)C)C(=O)O)C2)c1. The topological polar surface area (TPSA) is 98.7 Å². The molecule has 1 saturated heterocycles. The summed E-state index contributed by atoms with van der Waals surface area (Å²) in [6.45, 7) is 6.65. The van der Waals surface area contributed by atoms with Crippen LogP contribution in [0.5, 0.6) is 0 Å². The number of likely N-dealkylation sites (tertiary alicyclic amines) is 1. The Morgan fingerprint density at radius 1 is 1.30 bits per heavy atom. The number of aliphatic carboxylic acids is 1. The van der Waals surface area contributed by atoms with E-state index in [0.29, 0.717) is 25.8 Å². The van der Waals surface area contributed by atoms with Gasteiger partial charge in [0.25, 0.3) is 0 Å². The molecule has 2 unspecified atom stereocenters. The molecule has 7 nitrogen and oxygen atoms in total. The van der Waals surface area contributed by atoms with Crippen molar-refractivity contribution in [1.82, 2.24) is 10.2 Å². The van der Waals surface area contributed by atoms with Gasteiger partial charge >= 0.3 is 12.0 Å². The number of carboxylic acids is 1. The zero-order valence-corrected chi connectivity index (χ0v) is 16.2.